The van der Waals surface area contributed by atoms with Crippen LogP contribution < -0.4 is 10.1 Å². The van der Waals surface area contributed by atoms with Gasteiger partial charge in [0.1, 0.15) is 11.5 Å². The number of benzene rings is 2. The number of amides is 1. The average Bonchev–Trinajstić information content (AvgIpc) is 3.02. The summed E-state index contributed by atoms with van der Waals surface area (Å²) in [5, 5.41) is 10.7. The molecule has 2 aromatic carbocycles. The Morgan fingerprint density at radius 3 is 2.67 bits per heavy atom. The van der Waals surface area contributed by atoms with Crippen molar-refractivity contribution >= 4 is 35.0 Å². The molecular formula is C19H15N3O4S. The van der Waals surface area contributed by atoms with Crippen LogP contribution in [0.1, 0.15) is 5.56 Å². The second-order valence-electron chi connectivity index (χ2n) is 5.23. The zero-order chi connectivity index (χ0) is 19.1. The van der Waals surface area contributed by atoms with Crippen LogP contribution in [-0.2, 0) is 14.3 Å². The van der Waals surface area contributed by atoms with Crippen molar-refractivity contribution in [2.24, 2.45) is 10.2 Å². The Kier molecular flexibility index (Phi) is 6.01. The van der Waals surface area contributed by atoms with E-state index in [4.69, 9.17) is 4.74 Å². The summed E-state index contributed by atoms with van der Waals surface area (Å²) in [5.41, 5.74) is 0.785. The first-order valence-electron chi connectivity index (χ1n) is 7.87. The van der Waals surface area contributed by atoms with Gasteiger partial charge >= 0.3 is 5.97 Å². The maximum atomic E-state index is 11.7. The van der Waals surface area contributed by atoms with Gasteiger partial charge in [0.05, 0.1) is 18.2 Å². The Labute approximate surface area is 159 Å². The molecule has 0 atom stereocenters. The van der Waals surface area contributed by atoms with Gasteiger partial charge in [-0.3, -0.25) is 10.1 Å². The number of amidine groups is 1. The monoisotopic (exact) mass is 381 g/mol. The van der Waals surface area contributed by atoms with Crippen LogP contribution in [0, 0.1) is 0 Å². The van der Waals surface area contributed by atoms with Crippen molar-refractivity contribution in [1.82, 2.24) is 5.32 Å². The standard InChI is InChI=1S/C19H15N3O4S/c1-25-17(23)11-16-18(24)21-19(27-16)22-20-12-13-6-5-9-15(10-13)26-14-7-3-2-4-8-14/h2-12H,1H3,(H,21,22,24)/b16-11+,20-12?. The number of nitrogens with one attached hydrogen (secondary N) is 1. The van der Waals surface area contributed by atoms with Crippen molar-refractivity contribution in [3.63, 3.8) is 0 Å². The SMILES string of the molecule is COC(=O)/C=C1/S/C(=N\N=Cc2cccc(Oc3ccccc3)c2)NC1=O. The fourth-order valence-corrected chi connectivity index (χ4v) is 2.81. The molecule has 0 aliphatic carbocycles. The maximum absolute atomic E-state index is 11.7. The van der Waals surface area contributed by atoms with Crippen LogP contribution in [0.15, 0.2) is 75.8 Å². The molecule has 7 nitrogen and oxygen atoms in total. The van der Waals surface area contributed by atoms with E-state index in [9.17, 15) is 9.59 Å². The largest absolute Gasteiger partial charge is 0.466 e. The van der Waals surface area contributed by atoms with E-state index >= 15 is 0 Å². The number of nitrogens with zero attached hydrogens (tertiary/aromatic N) is 2. The number of hydrogen-bond donors (Lipinski definition) is 1. The molecule has 1 aliphatic rings. The number of thioether (sulfide) groups is 1. The predicted octanol–water partition coefficient (Wildman–Crippen LogP) is 3.09. The van der Waals surface area contributed by atoms with Crippen LogP contribution >= 0.6 is 11.8 Å². The van der Waals surface area contributed by atoms with E-state index in [1.165, 1.54) is 7.11 Å². The molecule has 0 bridgehead atoms. The minimum atomic E-state index is -0.604. The third-order valence-corrected chi connectivity index (χ3v) is 4.19. The van der Waals surface area contributed by atoms with Crippen LogP contribution in [0.4, 0.5) is 0 Å². The first kappa shape index (κ1) is 18.4. The van der Waals surface area contributed by atoms with Crippen LogP contribution in [0.25, 0.3) is 0 Å². The van der Waals surface area contributed by atoms with E-state index < -0.39 is 11.9 Å². The number of carbonyl (C=O) groups is 2. The number of rotatable bonds is 5. The number of carbonyl (C=O) groups excluding carboxylic acids is 2. The van der Waals surface area contributed by atoms with Crippen LogP contribution in [0.3, 0.4) is 0 Å². The predicted molar refractivity (Wildman–Crippen MR) is 104 cm³/mol. The highest BCUT2D eigenvalue weighted by molar-refractivity contribution is 8.18. The Bertz CT molecular complexity index is 939. The van der Waals surface area contributed by atoms with E-state index in [-0.39, 0.29) is 10.1 Å². The summed E-state index contributed by atoms with van der Waals surface area (Å²) < 4.78 is 10.3. The normalized spacial score (nSPS) is 16.7. The molecule has 2 aromatic rings. The summed E-state index contributed by atoms with van der Waals surface area (Å²) in [6.45, 7) is 0. The molecule has 1 amide bonds. The third kappa shape index (κ3) is 5.29. The van der Waals surface area contributed by atoms with Crippen molar-refractivity contribution < 1.29 is 19.1 Å². The van der Waals surface area contributed by atoms with Gasteiger partial charge in [-0.15, -0.1) is 5.10 Å². The number of methoxy groups -OCH3 is 1. The Morgan fingerprint density at radius 2 is 1.89 bits per heavy atom. The van der Waals surface area contributed by atoms with E-state index in [1.807, 2.05) is 54.6 Å². The van der Waals surface area contributed by atoms with Gasteiger partial charge in [0, 0.05) is 6.08 Å². The van der Waals surface area contributed by atoms with Gasteiger partial charge in [0.2, 0.25) is 0 Å². The molecule has 136 valence electrons. The lowest BCUT2D eigenvalue weighted by Crippen LogP contribution is -2.19. The second kappa shape index (κ2) is 8.81. The van der Waals surface area contributed by atoms with Crippen molar-refractivity contribution in [1.29, 1.82) is 0 Å². The lowest BCUT2D eigenvalue weighted by atomic mass is 10.2. The highest BCUT2D eigenvalue weighted by Crippen LogP contribution is 2.24. The molecule has 8 heteroatoms. The zero-order valence-electron chi connectivity index (χ0n) is 14.3. The summed E-state index contributed by atoms with van der Waals surface area (Å²) in [4.78, 5) is 23.1. The van der Waals surface area contributed by atoms with Gasteiger partial charge in [0.15, 0.2) is 5.17 Å². The molecule has 0 unspecified atom stereocenters. The maximum Gasteiger partial charge on any atom is 0.331 e. The van der Waals surface area contributed by atoms with Crippen molar-refractivity contribution in [2.75, 3.05) is 7.11 Å². The van der Waals surface area contributed by atoms with Gasteiger partial charge in [-0.1, -0.05) is 30.3 Å². The minimum Gasteiger partial charge on any atom is -0.466 e. The molecule has 0 spiro atoms. The minimum absolute atomic E-state index is 0.203. The number of esters is 1. The molecule has 1 heterocycles. The van der Waals surface area contributed by atoms with Crippen LogP contribution in [0.2, 0.25) is 0 Å². The molecule has 1 N–H and O–H groups in total. The lowest BCUT2D eigenvalue weighted by Gasteiger charge is -2.05. The fraction of sp³-hybridized carbons (Fsp3) is 0.0526. The van der Waals surface area contributed by atoms with Gasteiger partial charge in [-0.25, -0.2) is 4.79 Å². The summed E-state index contributed by atoms with van der Waals surface area (Å²) in [5.74, 6) is 0.386. The Balaban J connectivity index is 1.65. The van der Waals surface area contributed by atoms with E-state index in [2.05, 4.69) is 20.3 Å². The van der Waals surface area contributed by atoms with E-state index in [0.29, 0.717) is 5.75 Å². The first-order chi connectivity index (χ1) is 13.1. The number of ether oxygens (including phenoxy) is 2. The van der Waals surface area contributed by atoms with Gasteiger partial charge < -0.3 is 9.47 Å². The Morgan fingerprint density at radius 1 is 1.11 bits per heavy atom. The average molecular weight is 381 g/mol. The van der Waals surface area contributed by atoms with Gasteiger partial charge in [-0.05, 0) is 41.6 Å². The van der Waals surface area contributed by atoms with E-state index in [1.54, 1.807) is 6.21 Å². The van der Waals surface area contributed by atoms with E-state index in [0.717, 1.165) is 29.2 Å². The molecule has 0 aromatic heterocycles. The quantitative estimate of drug-likeness (QED) is 0.372. The highest BCUT2D eigenvalue weighted by atomic mass is 32.2. The molecule has 0 radical (unpaired) electrons. The zero-order valence-corrected chi connectivity index (χ0v) is 15.1. The molecular weight excluding hydrogens is 366 g/mol. The number of hydrogen-bond acceptors (Lipinski definition) is 7. The fourth-order valence-electron chi connectivity index (χ4n) is 2.07. The molecule has 1 fully saturated rings. The topological polar surface area (TPSA) is 89.3 Å². The van der Waals surface area contributed by atoms with Gasteiger partial charge in [-0.2, -0.15) is 5.10 Å². The summed E-state index contributed by atoms with van der Waals surface area (Å²) in [7, 11) is 1.24. The summed E-state index contributed by atoms with van der Waals surface area (Å²) >= 11 is 1.01. The molecule has 1 aliphatic heterocycles. The van der Waals surface area contributed by atoms with Gasteiger partial charge in [0.25, 0.3) is 5.91 Å². The Hall–Kier alpha value is -3.39. The van der Waals surface area contributed by atoms with Crippen molar-refractivity contribution in [2.45, 2.75) is 0 Å². The molecule has 27 heavy (non-hydrogen) atoms. The van der Waals surface area contributed by atoms with Crippen molar-refractivity contribution in [3.05, 3.63) is 71.1 Å². The highest BCUT2D eigenvalue weighted by Gasteiger charge is 2.24. The number of para-hydroxylation sites is 1. The third-order valence-electron chi connectivity index (χ3n) is 3.29. The second-order valence-corrected chi connectivity index (χ2v) is 6.26. The molecule has 0 saturated carbocycles. The summed E-state index contributed by atoms with van der Waals surface area (Å²) in [6, 6.07) is 16.8. The lowest BCUT2D eigenvalue weighted by molar-refractivity contribution is -0.135. The van der Waals surface area contributed by atoms with Crippen molar-refractivity contribution in [3.8, 4) is 11.5 Å². The van der Waals surface area contributed by atoms with Crippen LogP contribution in [0.5, 0.6) is 11.5 Å². The van der Waals surface area contributed by atoms with Crippen LogP contribution in [-0.4, -0.2) is 30.4 Å². The first-order valence-corrected chi connectivity index (χ1v) is 8.68. The molecule has 1 saturated heterocycles. The summed E-state index contributed by atoms with van der Waals surface area (Å²) in [6.07, 6.45) is 2.65. The molecule has 3 rings (SSSR count). The smallest absolute Gasteiger partial charge is 0.331 e.